The highest BCUT2D eigenvalue weighted by Crippen LogP contribution is 2.14. The molecule has 0 aromatic rings. The zero-order chi connectivity index (χ0) is 37.8. The molecule has 0 rings (SSSR count). The van der Waals surface area contributed by atoms with Crippen LogP contribution < -0.4 is 0 Å². The van der Waals surface area contributed by atoms with Gasteiger partial charge >= 0.3 is 5.97 Å². The second kappa shape index (κ2) is 36.6. The van der Waals surface area contributed by atoms with Crippen LogP contribution >= 0.6 is 0 Å². The molecule has 0 aliphatic heterocycles. The van der Waals surface area contributed by atoms with Crippen molar-refractivity contribution in [1.82, 2.24) is 4.90 Å². The van der Waals surface area contributed by atoms with E-state index in [0.717, 1.165) is 70.6 Å². The van der Waals surface area contributed by atoms with Crippen LogP contribution in [-0.2, 0) is 14.3 Å². The maximum Gasteiger partial charge on any atom is 0.305 e. The number of hydrogen-bond acceptors (Lipinski definition) is 7. The fourth-order valence-electron chi connectivity index (χ4n) is 6.17. The first-order chi connectivity index (χ1) is 24.7. The highest BCUT2D eigenvalue weighted by molar-refractivity contribution is 5.75. The number of aliphatic hydroxyl groups is 4. The Morgan fingerprint density at radius 1 is 0.510 bits per heavy atom. The minimum absolute atomic E-state index is 0.140. The third-order valence-electron chi connectivity index (χ3n) is 9.74. The second-order valence-electron chi connectivity index (χ2n) is 14.7. The molecule has 0 aliphatic rings. The molecule has 0 radical (unpaired) electrons. The normalized spacial score (nSPS) is 14.3. The molecule has 0 fully saturated rings. The van der Waals surface area contributed by atoms with E-state index in [1.54, 1.807) is 7.05 Å². The lowest BCUT2D eigenvalue weighted by Crippen LogP contribution is -2.50. The van der Waals surface area contributed by atoms with Crippen LogP contribution in [0.15, 0.2) is 24.3 Å². The third-order valence-corrected chi connectivity index (χ3v) is 9.74. The topological polar surface area (TPSA) is 128 Å². The monoisotopic (exact) mass is 724 g/mol. The molecular weight excluding hydrogens is 642 g/mol. The molecule has 0 aromatic carbocycles. The molecule has 0 unspecified atom stereocenters. The predicted octanol–water partition coefficient (Wildman–Crippen LogP) is 9.51. The number of amides is 1. The molecule has 8 nitrogen and oxygen atoms in total. The summed E-state index contributed by atoms with van der Waals surface area (Å²) in [5.41, 5.74) is 0. The summed E-state index contributed by atoms with van der Waals surface area (Å²) < 4.78 is 5.09. The van der Waals surface area contributed by atoms with E-state index in [1.807, 2.05) is 0 Å². The van der Waals surface area contributed by atoms with Gasteiger partial charge < -0.3 is 30.1 Å². The van der Waals surface area contributed by atoms with Crippen molar-refractivity contribution in [2.45, 2.75) is 218 Å². The van der Waals surface area contributed by atoms with E-state index in [-0.39, 0.29) is 18.9 Å². The van der Waals surface area contributed by atoms with Crippen LogP contribution in [0.3, 0.4) is 0 Å². The molecule has 0 aromatic heterocycles. The average Bonchev–Trinajstić information content (AvgIpc) is 3.12. The molecule has 0 aliphatic carbocycles. The number of aliphatic hydroxyl groups excluding tert-OH is 4. The summed E-state index contributed by atoms with van der Waals surface area (Å²) in [6.07, 6.45) is 34.0. The van der Waals surface area contributed by atoms with E-state index < -0.39 is 37.0 Å². The van der Waals surface area contributed by atoms with E-state index in [4.69, 9.17) is 4.74 Å². The van der Waals surface area contributed by atoms with Crippen LogP contribution in [0.1, 0.15) is 194 Å². The lowest BCUT2D eigenvalue weighted by molar-refractivity contribution is -0.156. The van der Waals surface area contributed by atoms with Crippen molar-refractivity contribution in [2.75, 3.05) is 20.2 Å². The van der Waals surface area contributed by atoms with E-state index >= 15 is 0 Å². The van der Waals surface area contributed by atoms with Gasteiger partial charge in [0.25, 0.3) is 0 Å². The Morgan fingerprint density at radius 3 is 1.29 bits per heavy atom. The Bertz CT molecular complexity index is 848. The SMILES string of the molecule is CCCCCCCC/C=C/CCCCCCCC(=O)OC[C@@H](O)[C@@H](O)[C@H](O)[C@@H](O)CN(C)C(=O)CCCCCCC/C=C/CCCCCCCC. The number of rotatable bonds is 37. The Hall–Kier alpha value is -1.74. The van der Waals surface area contributed by atoms with Crippen LogP contribution in [0.2, 0.25) is 0 Å². The largest absolute Gasteiger partial charge is 0.463 e. The summed E-state index contributed by atoms with van der Waals surface area (Å²) in [5.74, 6) is -0.603. The number of hydrogen-bond donors (Lipinski definition) is 4. The summed E-state index contributed by atoms with van der Waals surface area (Å²) in [5, 5.41) is 41.4. The van der Waals surface area contributed by atoms with E-state index in [9.17, 15) is 30.0 Å². The summed E-state index contributed by atoms with van der Waals surface area (Å²) in [7, 11) is 1.55. The lowest BCUT2D eigenvalue weighted by Gasteiger charge is -2.29. The fraction of sp³-hybridized carbons (Fsp3) is 0.860. The molecule has 0 saturated heterocycles. The van der Waals surface area contributed by atoms with Gasteiger partial charge in [0.1, 0.15) is 31.0 Å². The summed E-state index contributed by atoms with van der Waals surface area (Å²) >= 11 is 0. The number of likely N-dealkylation sites (N-methyl/N-ethyl adjacent to an activating group) is 1. The molecule has 0 spiro atoms. The lowest BCUT2D eigenvalue weighted by atomic mass is 10.0. The quantitative estimate of drug-likeness (QED) is 0.0286. The molecule has 4 N–H and O–H groups in total. The van der Waals surface area contributed by atoms with Gasteiger partial charge in [-0.1, -0.05) is 141 Å². The van der Waals surface area contributed by atoms with E-state index in [2.05, 4.69) is 38.2 Å². The molecule has 51 heavy (non-hydrogen) atoms. The Morgan fingerprint density at radius 2 is 0.863 bits per heavy atom. The molecule has 4 atom stereocenters. The maximum atomic E-state index is 12.5. The van der Waals surface area contributed by atoms with E-state index in [1.165, 1.54) is 94.8 Å². The summed E-state index contributed by atoms with van der Waals surface area (Å²) in [6, 6.07) is 0. The molecule has 0 heterocycles. The van der Waals surface area contributed by atoms with Crippen molar-refractivity contribution in [3.8, 4) is 0 Å². The highest BCUT2D eigenvalue weighted by Gasteiger charge is 2.32. The van der Waals surface area contributed by atoms with Gasteiger partial charge in [0, 0.05) is 26.4 Å². The van der Waals surface area contributed by atoms with Crippen LogP contribution in [0, 0.1) is 0 Å². The molecule has 300 valence electrons. The fourth-order valence-corrected chi connectivity index (χ4v) is 6.17. The first kappa shape index (κ1) is 49.3. The first-order valence-electron chi connectivity index (χ1n) is 21.2. The van der Waals surface area contributed by atoms with E-state index in [0.29, 0.717) is 12.8 Å². The highest BCUT2D eigenvalue weighted by atomic mass is 16.5. The summed E-state index contributed by atoms with van der Waals surface area (Å²) in [4.78, 5) is 26.0. The van der Waals surface area contributed by atoms with Crippen molar-refractivity contribution in [3.63, 3.8) is 0 Å². The van der Waals surface area contributed by atoms with Crippen molar-refractivity contribution >= 4 is 11.9 Å². The smallest absolute Gasteiger partial charge is 0.305 e. The van der Waals surface area contributed by atoms with Gasteiger partial charge in [0.05, 0.1) is 0 Å². The number of carbonyl (C=O) groups is 2. The van der Waals surface area contributed by atoms with Crippen molar-refractivity contribution in [3.05, 3.63) is 24.3 Å². The molecule has 8 heteroatoms. The maximum absolute atomic E-state index is 12.5. The van der Waals surface area contributed by atoms with Crippen LogP contribution in [0.5, 0.6) is 0 Å². The van der Waals surface area contributed by atoms with Gasteiger partial charge in [0.2, 0.25) is 5.91 Å². The second-order valence-corrected chi connectivity index (χ2v) is 14.7. The number of allylic oxidation sites excluding steroid dienone is 4. The Kier molecular flexibility index (Phi) is 35.4. The van der Waals surface area contributed by atoms with Gasteiger partial charge in [-0.3, -0.25) is 9.59 Å². The molecular formula is C43H81NO7. The number of ether oxygens (including phenoxy) is 1. The minimum atomic E-state index is -1.72. The predicted molar refractivity (Wildman–Crippen MR) is 212 cm³/mol. The van der Waals surface area contributed by atoms with Gasteiger partial charge in [0.15, 0.2) is 0 Å². The van der Waals surface area contributed by atoms with Gasteiger partial charge in [-0.2, -0.15) is 0 Å². The Labute approximate surface area is 313 Å². The molecule has 0 saturated carbocycles. The number of carbonyl (C=O) groups excluding carboxylic acids is 2. The Balaban J connectivity index is 3.88. The zero-order valence-electron chi connectivity index (χ0n) is 33.3. The number of nitrogens with zero attached hydrogens (tertiary/aromatic N) is 1. The van der Waals surface area contributed by atoms with Crippen molar-refractivity contribution in [1.29, 1.82) is 0 Å². The van der Waals surface area contributed by atoms with Gasteiger partial charge in [-0.15, -0.1) is 0 Å². The summed E-state index contributed by atoms with van der Waals surface area (Å²) in [6.45, 7) is 3.84. The first-order valence-corrected chi connectivity index (χ1v) is 21.2. The third kappa shape index (κ3) is 31.5. The van der Waals surface area contributed by atoms with Crippen LogP contribution in [0.4, 0.5) is 0 Å². The minimum Gasteiger partial charge on any atom is -0.463 e. The van der Waals surface area contributed by atoms with Crippen LogP contribution in [-0.4, -0.2) is 81.8 Å². The van der Waals surface area contributed by atoms with Crippen LogP contribution in [0.25, 0.3) is 0 Å². The molecule has 1 amide bonds. The number of esters is 1. The number of unbranched alkanes of at least 4 members (excludes halogenated alkanes) is 22. The van der Waals surface area contributed by atoms with Crippen molar-refractivity contribution in [2.24, 2.45) is 0 Å². The standard InChI is InChI=1S/C43H81NO7/c1-4-6-8-10-12-14-16-18-20-22-24-26-28-30-32-34-40(47)44(3)36-38(45)42(49)43(50)39(46)37-51-41(48)35-33-31-29-27-25-23-21-19-17-15-13-11-9-7-5-2/h18-21,38-39,42-43,45-46,49-50H,4-17,22-37H2,1-3H3/b20-18+,21-19+/t38-,39+,42+,43+/m0/s1. The zero-order valence-corrected chi connectivity index (χ0v) is 33.3. The van der Waals surface area contributed by atoms with Gasteiger partial charge in [-0.25, -0.2) is 0 Å². The average molecular weight is 724 g/mol. The van der Waals surface area contributed by atoms with Crippen molar-refractivity contribution < 1.29 is 34.8 Å². The van der Waals surface area contributed by atoms with Gasteiger partial charge in [-0.05, 0) is 64.2 Å². The molecule has 0 bridgehead atoms.